The van der Waals surface area contributed by atoms with Crippen LogP contribution in [0.2, 0.25) is 0 Å². The molecule has 0 saturated carbocycles. The van der Waals surface area contributed by atoms with E-state index in [1.807, 2.05) is 7.05 Å². The molecular weight excluding hydrogens is 248 g/mol. The van der Waals surface area contributed by atoms with Gasteiger partial charge in [0.15, 0.2) is 0 Å². The van der Waals surface area contributed by atoms with Crippen molar-refractivity contribution < 1.29 is 4.74 Å². The van der Waals surface area contributed by atoms with Crippen LogP contribution < -0.4 is 5.32 Å². The average molecular weight is 274 g/mol. The van der Waals surface area contributed by atoms with Gasteiger partial charge in [-0.3, -0.25) is 0 Å². The zero-order valence-corrected chi connectivity index (χ0v) is 12.9. The van der Waals surface area contributed by atoms with E-state index in [9.17, 15) is 0 Å². The lowest BCUT2D eigenvalue weighted by molar-refractivity contribution is 0.117. The minimum atomic E-state index is 0.714. The van der Waals surface area contributed by atoms with Gasteiger partial charge in [0.05, 0.1) is 6.61 Å². The summed E-state index contributed by atoms with van der Waals surface area (Å²) in [6.45, 7) is 7.93. The van der Waals surface area contributed by atoms with Crippen molar-refractivity contribution in [3.63, 3.8) is 0 Å². The van der Waals surface area contributed by atoms with Gasteiger partial charge < -0.3 is 14.6 Å². The molecule has 0 fully saturated rings. The van der Waals surface area contributed by atoms with Crippen LogP contribution in [0.25, 0.3) is 10.9 Å². The van der Waals surface area contributed by atoms with Crippen molar-refractivity contribution in [1.29, 1.82) is 0 Å². The highest BCUT2D eigenvalue weighted by Gasteiger charge is 2.04. The predicted octanol–water partition coefficient (Wildman–Crippen LogP) is 3.42. The molecule has 3 heteroatoms. The van der Waals surface area contributed by atoms with E-state index in [2.05, 4.69) is 54.2 Å². The zero-order chi connectivity index (χ0) is 14.4. The highest BCUT2D eigenvalue weighted by Crippen LogP contribution is 2.20. The fourth-order valence-electron chi connectivity index (χ4n) is 2.41. The number of aromatic nitrogens is 1. The van der Waals surface area contributed by atoms with Gasteiger partial charge in [0, 0.05) is 36.8 Å². The smallest absolute Gasteiger partial charge is 0.0645 e. The number of hydrogen-bond donors (Lipinski definition) is 1. The van der Waals surface area contributed by atoms with E-state index in [4.69, 9.17) is 4.74 Å². The second-order valence-corrected chi connectivity index (χ2v) is 5.68. The molecule has 20 heavy (non-hydrogen) atoms. The molecule has 3 nitrogen and oxygen atoms in total. The Kier molecular flexibility index (Phi) is 5.62. The largest absolute Gasteiger partial charge is 0.380 e. The van der Waals surface area contributed by atoms with Crippen LogP contribution in [0.3, 0.4) is 0 Å². The van der Waals surface area contributed by atoms with Crippen LogP contribution in [-0.4, -0.2) is 24.8 Å². The van der Waals surface area contributed by atoms with Gasteiger partial charge in [0.2, 0.25) is 0 Å². The number of hydrogen-bond acceptors (Lipinski definition) is 2. The highest BCUT2D eigenvalue weighted by molar-refractivity contribution is 5.83. The van der Waals surface area contributed by atoms with E-state index in [1.54, 1.807) is 0 Å². The third kappa shape index (κ3) is 3.84. The quantitative estimate of drug-likeness (QED) is 0.746. The lowest BCUT2D eigenvalue weighted by Gasteiger charge is -2.09. The van der Waals surface area contributed by atoms with Gasteiger partial charge in [-0.15, -0.1) is 0 Å². The second-order valence-electron chi connectivity index (χ2n) is 5.68. The molecule has 0 aliphatic carbocycles. The third-order valence-electron chi connectivity index (χ3n) is 3.59. The summed E-state index contributed by atoms with van der Waals surface area (Å²) in [7, 11) is 1.98. The summed E-state index contributed by atoms with van der Waals surface area (Å²) in [5.41, 5.74) is 2.65. The first-order chi connectivity index (χ1) is 9.72. The lowest BCUT2D eigenvalue weighted by Crippen LogP contribution is -2.07. The third-order valence-corrected chi connectivity index (χ3v) is 3.59. The average Bonchev–Trinajstić information content (AvgIpc) is 2.83. The van der Waals surface area contributed by atoms with E-state index < -0.39 is 0 Å². The predicted molar refractivity (Wildman–Crippen MR) is 85.0 cm³/mol. The number of ether oxygens (including phenoxy) is 1. The molecule has 1 aromatic carbocycles. The standard InChI is InChI=1S/C17H26N2O/c1-14(2)8-11-20-12-10-19-9-7-16-15(13-18-3)5-4-6-17(16)19/h4-7,9,14,18H,8,10-13H2,1-3H3. The molecule has 1 aromatic heterocycles. The minimum absolute atomic E-state index is 0.714. The van der Waals surface area contributed by atoms with Gasteiger partial charge >= 0.3 is 0 Å². The summed E-state index contributed by atoms with van der Waals surface area (Å²) in [6.07, 6.45) is 3.30. The Hall–Kier alpha value is -1.32. The first-order valence-electron chi connectivity index (χ1n) is 7.51. The number of nitrogens with zero attached hydrogens (tertiary/aromatic N) is 1. The van der Waals surface area contributed by atoms with E-state index >= 15 is 0 Å². The highest BCUT2D eigenvalue weighted by atomic mass is 16.5. The van der Waals surface area contributed by atoms with Gasteiger partial charge in [-0.05, 0) is 37.1 Å². The Morgan fingerprint density at radius 2 is 2.05 bits per heavy atom. The van der Waals surface area contributed by atoms with Crippen molar-refractivity contribution in [2.75, 3.05) is 20.3 Å². The molecule has 2 aromatic rings. The summed E-state index contributed by atoms with van der Waals surface area (Å²) < 4.78 is 7.99. The number of benzene rings is 1. The van der Waals surface area contributed by atoms with Crippen molar-refractivity contribution in [1.82, 2.24) is 9.88 Å². The maximum absolute atomic E-state index is 5.71. The zero-order valence-electron chi connectivity index (χ0n) is 12.9. The number of fused-ring (bicyclic) bond motifs is 1. The Morgan fingerprint density at radius 1 is 1.20 bits per heavy atom. The van der Waals surface area contributed by atoms with E-state index in [0.717, 1.165) is 32.7 Å². The SMILES string of the molecule is CNCc1cccc2c1ccn2CCOCCC(C)C. The van der Waals surface area contributed by atoms with Gasteiger partial charge in [-0.2, -0.15) is 0 Å². The molecule has 0 aliphatic rings. The summed E-state index contributed by atoms with van der Waals surface area (Å²) in [4.78, 5) is 0. The molecule has 0 aliphatic heterocycles. The fourth-order valence-corrected chi connectivity index (χ4v) is 2.41. The van der Waals surface area contributed by atoms with Crippen LogP contribution in [0.4, 0.5) is 0 Å². The molecule has 2 rings (SSSR count). The molecule has 0 spiro atoms. The Balaban J connectivity index is 1.95. The summed E-state index contributed by atoms with van der Waals surface area (Å²) in [6, 6.07) is 8.70. The van der Waals surface area contributed by atoms with Crippen molar-refractivity contribution in [3.8, 4) is 0 Å². The molecule has 0 unspecified atom stereocenters. The summed E-state index contributed by atoms with van der Waals surface area (Å²) in [5, 5.41) is 4.56. The van der Waals surface area contributed by atoms with Crippen LogP contribution in [0, 0.1) is 5.92 Å². The maximum Gasteiger partial charge on any atom is 0.0645 e. The van der Waals surface area contributed by atoms with E-state index in [-0.39, 0.29) is 0 Å². The monoisotopic (exact) mass is 274 g/mol. The fraction of sp³-hybridized carbons (Fsp3) is 0.529. The summed E-state index contributed by atoms with van der Waals surface area (Å²) >= 11 is 0. The topological polar surface area (TPSA) is 26.2 Å². The van der Waals surface area contributed by atoms with Crippen molar-refractivity contribution in [2.45, 2.75) is 33.4 Å². The van der Waals surface area contributed by atoms with Crippen LogP contribution in [0.15, 0.2) is 30.5 Å². The van der Waals surface area contributed by atoms with Crippen molar-refractivity contribution in [2.24, 2.45) is 5.92 Å². The van der Waals surface area contributed by atoms with Gasteiger partial charge in [-0.1, -0.05) is 26.0 Å². The molecule has 0 saturated heterocycles. The van der Waals surface area contributed by atoms with Crippen LogP contribution >= 0.6 is 0 Å². The van der Waals surface area contributed by atoms with Gasteiger partial charge in [0.25, 0.3) is 0 Å². The Bertz CT molecular complexity index is 531. The van der Waals surface area contributed by atoms with Crippen molar-refractivity contribution in [3.05, 3.63) is 36.0 Å². The summed E-state index contributed by atoms with van der Waals surface area (Å²) in [5.74, 6) is 0.714. The van der Waals surface area contributed by atoms with Gasteiger partial charge in [-0.25, -0.2) is 0 Å². The van der Waals surface area contributed by atoms with Crippen LogP contribution in [0.5, 0.6) is 0 Å². The minimum Gasteiger partial charge on any atom is -0.380 e. The molecule has 0 atom stereocenters. The maximum atomic E-state index is 5.71. The van der Waals surface area contributed by atoms with Crippen LogP contribution in [-0.2, 0) is 17.8 Å². The van der Waals surface area contributed by atoms with E-state index in [1.165, 1.54) is 16.5 Å². The molecule has 1 heterocycles. The number of nitrogens with one attached hydrogen (secondary N) is 1. The van der Waals surface area contributed by atoms with Crippen molar-refractivity contribution >= 4 is 10.9 Å². The molecule has 110 valence electrons. The second kappa shape index (κ2) is 7.46. The molecule has 0 amide bonds. The molecule has 0 radical (unpaired) electrons. The molecular formula is C17H26N2O. The molecule has 0 bridgehead atoms. The Morgan fingerprint density at radius 3 is 2.80 bits per heavy atom. The first kappa shape index (κ1) is 15.1. The van der Waals surface area contributed by atoms with E-state index in [0.29, 0.717) is 5.92 Å². The Labute approximate surface area is 121 Å². The van der Waals surface area contributed by atoms with Crippen LogP contribution in [0.1, 0.15) is 25.8 Å². The first-order valence-corrected chi connectivity index (χ1v) is 7.51. The molecule has 1 N–H and O–H groups in total. The number of rotatable bonds is 8. The lowest BCUT2D eigenvalue weighted by atomic mass is 10.1. The normalized spacial score (nSPS) is 11.6. The van der Waals surface area contributed by atoms with Gasteiger partial charge in [0.1, 0.15) is 0 Å².